The van der Waals surface area contributed by atoms with Crippen LogP contribution >= 0.6 is 0 Å². The lowest BCUT2D eigenvalue weighted by Crippen LogP contribution is -2.32. The summed E-state index contributed by atoms with van der Waals surface area (Å²) in [6, 6.07) is 6.18. The van der Waals surface area contributed by atoms with Crippen molar-refractivity contribution in [2.75, 3.05) is 18.4 Å². The monoisotopic (exact) mass is 262 g/mol. The Morgan fingerprint density at radius 1 is 1.32 bits per heavy atom. The van der Waals surface area contributed by atoms with Crippen molar-refractivity contribution in [1.29, 1.82) is 0 Å². The Morgan fingerprint density at radius 2 is 2.16 bits per heavy atom. The summed E-state index contributed by atoms with van der Waals surface area (Å²) in [6.45, 7) is 1.05. The molecule has 0 aromatic heterocycles. The second-order valence-corrected chi connectivity index (χ2v) is 4.81. The average molecular weight is 262 g/mol. The highest BCUT2D eigenvalue weighted by atomic mass is 19.1. The molecule has 2 rings (SSSR count). The number of allylic oxidation sites excluding steroid dienone is 2. The molecule has 0 saturated heterocycles. The van der Waals surface area contributed by atoms with E-state index in [4.69, 9.17) is 0 Å². The molecular formula is C15H19FN2O. The van der Waals surface area contributed by atoms with Crippen LogP contribution in [0.1, 0.15) is 19.3 Å². The van der Waals surface area contributed by atoms with E-state index in [1.165, 1.54) is 12.5 Å². The predicted molar refractivity (Wildman–Crippen MR) is 74.4 cm³/mol. The lowest BCUT2D eigenvalue weighted by Gasteiger charge is -2.18. The first kappa shape index (κ1) is 13.7. The number of nitrogens with one attached hydrogen (secondary N) is 2. The molecule has 1 aliphatic carbocycles. The van der Waals surface area contributed by atoms with Crippen LogP contribution in [0.25, 0.3) is 0 Å². The van der Waals surface area contributed by atoms with E-state index in [2.05, 4.69) is 22.8 Å². The van der Waals surface area contributed by atoms with Gasteiger partial charge in [-0.15, -0.1) is 0 Å². The van der Waals surface area contributed by atoms with Gasteiger partial charge in [0.05, 0.1) is 12.2 Å². The Labute approximate surface area is 112 Å². The number of amides is 1. The Kier molecular flexibility index (Phi) is 5.10. The summed E-state index contributed by atoms with van der Waals surface area (Å²) in [7, 11) is 0. The lowest BCUT2D eigenvalue weighted by molar-refractivity contribution is -0.115. The summed E-state index contributed by atoms with van der Waals surface area (Å²) in [5.74, 6) is -0.0176. The fourth-order valence-electron chi connectivity index (χ4n) is 2.19. The number of para-hydroxylation sites is 1. The zero-order valence-corrected chi connectivity index (χ0v) is 10.9. The molecule has 102 valence electrons. The maximum Gasteiger partial charge on any atom is 0.238 e. The van der Waals surface area contributed by atoms with Crippen LogP contribution in [-0.2, 0) is 4.79 Å². The van der Waals surface area contributed by atoms with Gasteiger partial charge in [-0.25, -0.2) is 4.39 Å². The highest BCUT2D eigenvalue weighted by molar-refractivity contribution is 5.92. The maximum atomic E-state index is 13.3. The summed E-state index contributed by atoms with van der Waals surface area (Å²) in [4.78, 5) is 11.7. The summed E-state index contributed by atoms with van der Waals surface area (Å²) in [5, 5.41) is 5.68. The fraction of sp³-hybridized carbons (Fsp3) is 0.400. The first-order valence-electron chi connectivity index (χ1n) is 6.66. The van der Waals surface area contributed by atoms with E-state index in [0.29, 0.717) is 5.92 Å². The highest BCUT2D eigenvalue weighted by Gasteiger charge is 2.10. The molecule has 1 aliphatic rings. The van der Waals surface area contributed by atoms with Crippen LogP contribution in [0.3, 0.4) is 0 Å². The van der Waals surface area contributed by atoms with Crippen molar-refractivity contribution in [2.45, 2.75) is 19.3 Å². The van der Waals surface area contributed by atoms with E-state index in [9.17, 15) is 9.18 Å². The van der Waals surface area contributed by atoms with E-state index in [1.54, 1.807) is 18.2 Å². The van der Waals surface area contributed by atoms with E-state index in [1.807, 2.05) is 0 Å². The van der Waals surface area contributed by atoms with Crippen LogP contribution < -0.4 is 10.6 Å². The smallest absolute Gasteiger partial charge is 0.238 e. The molecule has 0 fully saturated rings. The molecule has 1 atom stereocenters. The van der Waals surface area contributed by atoms with Crippen molar-refractivity contribution in [2.24, 2.45) is 5.92 Å². The van der Waals surface area contributed by atoms with Crippen LogP contribution in [0.2, 0.25) is 0 Å². The number of rotatable bonds is 5. The van der Waals surface area contributed by atoms with Crippen LogP contribution in [0.5, 0.6) is 0 Å². The van der Waals surface area contributed by atoms with Gasteiger partial charge in [0.15, 0.2) is 0 Å². The van der Waals surface area contributed by atoms with E-state index >= 15 is 0 Å². The summed E-state index contributed by atoms with van der Waals surface area (Å²) < 4.78 is 13.3. The van der Waals surface area contributed by atoms with Gasteiger partial charge in [-0.05, 0) is 43.9 Å². The topological polar surface area (TPSA) is 41.1 Å². The minimum atomic E-state index is -0.409. The molecule has 0 spiro atoms. The fourth-order valence-corrected chi connectivity index (χ4v) is 2.19. The van der Waals surface area contributed by atoms with Crippen molar-refractivity contribution in [3.05, 3.63) is 42.2 Å². The zero-order valence-electron chi connectivity index (χ0n) is 10.9. The minimum Gasteiger partial charge on any atom is -0.322 e. The first-order valence-corrected chi connectivity index (χ1v) is 6.66. The predicted octanol–water partition coefficient (Wildman–Crippen LogP) is 2.71. The Hall–Kier alpha value is -1.68. The van der Waals surface area contributed by atoms with Gasteiger partial charge in [0, 0.05) is 0 Å². The Morgan fingerprint density at radius 3 is 2.89 bits per heavy atom. The number of hydrogen-bond donors (Lipinski definition) is 2. The molecule has 0 heterocycles. The van der Waals surface area contributed by atoms with E-state index in [0.717, 1.165) is 19.4 Å². The summed E-state index contributed by atoms with van der Waals surface area (Å²) in [6.07, 6.45) is 7.74. The van der Waals surface area contributed by atoms with Crippen molar-refractivity contribution >= 4 is 11.6 Å². The lowest BCUT2D eigenvalue weighted by atomic mass is 9.94. The number of carbonyl (C=O) groups is 1. The largest absolute Gasteiger partial charge is 0.322 e. The maximum absolute atomic E-state index is 13.3. The highest BCUT2D eigenvalue weighted by Crippen LogP contribution is 2.16. The molecule has 19 heavy (non-hydrogen) atoms. The van der Waals surface area contributed by atoms with Crippen molar-refractivity contribution < 1.29 is 9.18 Å². The SMILES string of the molecule is O=C(CNCC1CC=CCC1)Nc1ccccc1F. The average Bonchev–Trinajstić information content (AvgIpc) is 2.43. The van der Waals surface area contributed by atoms with Crippen molar-refractivity contribution in [3.63, 3.8) is 0 Å². The van der Waals surface area contributed by atoms with E-state index < -0.39 is 5.82 Å². The molecule has 0 bridgehead atoms. The summed E-state index contributed by atoms with van der Waals surface area (Å²) in [5.41, 5.74) is 0.231. The first-order chi connectivity index (χ1) is 9.25. The van der Waals surface area contributed by atoms with E-state index in [-0.39, 0.29) is 18.1 Å². The van der Waals surface area contributed by atoms with Gasteiger partial charge in [0.1, 0.15) is 5.82 Å². The summed E-state index contributed by atoms with van der Waals surface area (Å²) >= 11 is 0. The van der Waals surface area contributed by atoms with Crippen molar-refractivity contribution in [1.82, 2.24) is 5.32 Å². The number of carbonyl (C=O) groups excluding carboxylic acids is 1. The quantitative estimate of drug-likeness (QED) is 0.801. The van der Waals surface area contributed by atoms with Crippen LogP contribution in [0, 0.1) is 11.7 Å². The van der Waals surface area contributed by atoms with Gasteiger partial charge in [-0.1, -0.05) is 24.3 Å². The molecule has 0 radical (unpaired) electrons. The van der Waals surface area contributed by atoms with Gasteiger partial charge in [0.2, 0.25) is 5.91 Å². The van der Waals surface area contributed by atoms with Crippen LogP contribution in [0.15, 0.2) is 36.4 Å². The number of halogens is 1. The Balaban J connectivity index is 1.70. The molecule has 1 unspecified atom stereocenters. The van der Waals surface area contributed by atoms with Gasteiger partial charge in [0.25, 0.3) is 0 Å². The van der Waals surface area contributed by atoms with Crippen LogP contribution in [0.4, 0.5) is 10.1 Å². The van der Waals surface area contributed by atoms with Gasteiger partial charge >= 0.3 is 0 Å². The second-order valence-electron chi connectivity index (χ2n) is 4.81. The Bertz CT molecular complexity index is 459. The minimum absolute atomic E-state index is 0.212. The van der Waals surface area contributed by atoms with Gasteiger partial charge in [-0.2, -0.15) is 0 Å². The molecule has 1 amide bonds. The molecule has 0 aliphatic heterocycles. The number of anilines is 1. The molecule has 2 N–H and O–H groups in total. The molecular weight excluding hydrogens is 243 g/mol. The number of hydrogen-bond acceptors (Lipinski definition) is 2. The van der Waals surface area contributed by atoms with Crippen molar-refractivity contribution in [3.8, 4) is 0 Å². The second kappa shape index (κ2) is 7.04. The third-order valence-electron chi connectivity index (χ3n) is 3.24. The van der Waals surface area contributed by atoms with Gasteiger partial charge in [-0.3, -0.25) is 4.79 Å². The molecule has 1 aromatic carbocycles. The third kappa shape index (κ3) is 4.48. The molecule has 4 heteroatoms. The van der Waals surface area contributed by atoms with Gasteiger partial charge < -0.3 is 10.6 Å². The third-order valence-corrected chi connectivity index (χ3v) is 3.24. The molecule has 0 saturated carbocycles. The molecule has 1 aromatic rings. The molecule has 3 nitrogen and oxygen atoms in total. The number of benzene rings is 1. The zero-order chi connectivity index (χ0) is 13.5. The van der Waals surface area contributed by atoms with Crippen LogP contribution in [-0.4, -0.2) is 19.0 Å². The standard InChI is InChI=1S/C15H19FN2O/c16-13-8-4-5-9-14(13)18-15(19)11-17-10-12-6-2-1-3-7-12/h1-2,4-5,8-9,12,17H,3,6-7,10-11H2,(H,18,19). The normalized spacial score (nSPS) is 18.3.